The van der Waals surface area contributed by atoms with Crippen molar-refractivity contribution >= 4 is 11.9 Å². The van der Waals surface area contributed by atoms with Gasteiger partial charge in [0.15, 0.2) is 0 Å². The Morgan fingerprint density at radius 1 is 1.23 bits per heavy atom. The minimum atomic E-state index is -0.479. The van der Waals surface area contributed by atoms with E-state index in [9.17, 15) is 4.79 Å². The lowest BCUT2D eigenvalue weighted by molar-refractivity contribution is 0.0523. The lowest BCUT2D eigenvalue weighted by atomic mass is 10.2. The van der Waals surface area contributed by atoms with Crippen LogP contribution in [0.4, 0.5) is 10.6 Å². The summed E-state index contributed by atoms with van der Waals surface area (Å²) in [7, 11) is 0. The first-order valence-corrected chi connectivity index (χ1v) is 8.02. The Hall–Kier alpha value is -1.78. The van der Waals surface area contributed by atoms with Gasteiger partial charge in [0.05, 0.1) is 0 Å². The van der Waals surface area contributed by atoms with Gasteiger partial charge in [0.25, 0.3) is 0 Å². The molecule has 0 aromatic carbocycles. The molecule has 0 saturated carbocycles. The van der Waals surface area contributed by atoms with E-state index in [0.717, 1.165) is 37.3 Å². The van der Waals surface area contributed by atoms with Crippen molar-refractivity contribution in [2.75, 3.05) is 18.0 Å². The van der Waals surface area contributed by atoms with Crippen LogP contribution in [0.15, 0.2) is 18.3 Å². The number of hydrogen-bond acceptors (Lipinski definition) is 4. The first kappa shape index (κ1) is 18.3. The van der Waals surface area contributed by atoms with Crippen LogP contribution >= 0.6 is 0 Å². The van der Waals surface area contributed by atoms with Crippen molar-refractivity contribution in [3.63, 3.8) is 0 Å². The van der Waals surface area contributed by atoms with E-state index in [0.29, 0.717) is 6.54 Å². The van der Waals surface area contributed by atoms with Crippen LogP contribution in [0, 0.1) is 0 Å². The Balaban J connectivity index is 2.55. The Morgan fingerprint density at radius 3 is 2.32 bits per heavy atom. The molecule has 0 aliphatic carbocycles. The molecule has 0 bridgehead atoms. The lowest BCUT2D eigenvalue weighted by Crippen LogP contribution is -2.32. The highest BCUT2D eigenvalue weighted by molar-refractivity contribution is 5.67. The molecule has 0 atom stereocenters. The highest BCUT2D eigenvalue weighted by Crippen LogP contribution is 2.13. The minimum Gasteiger partial charge on any atom is -0.444 e. The number of nitrogens with zero attached hydrogens (tertiary/aromatic N) is 2. The molecule has 5 nitrogen and oxygen atoms in total. The van der Waals surface area contributed by atoms with Crippen LogP contribution in [0.25, 0.3) is 0 Å². The fourth-order valence-electron chi connectivity index (χ4n) is 2.08. The number of carbonyl (C=O) groups is 1. The van der Waals surface area contributed by atoms with Crippen molar-refractivity contribution < 1.29 is 9.53 Å². The van der Waals surface area contributed by atoms with Gasteiger partial charge in [-0.05, 0) is 45.2 Å². The highest BCUT2D eigenvalue weighted by atomic mass is 16.6. The predicted molar refractivity (Wildman–Crippen MR) is 90.1 cm³/mol. The van der Waals surface area contributed by atoms with Crippen LogP contribution in [0.1, 0.15) is 53.0 Å². The number of alkyl carbamates (subject to hydrolysis) is 1. The van der Waals surface area contributed by atoms with Crippen LogP contribution < -0.4 is 10.2 Å². The van der Waals surface area contributed by atoms with E-state index in [1.165, 1.54) is 0 Å². The summed E-state index contributed by atoms with van der Waals surface area (Å²) < 4.78 is 5.21. The molecule has 0 aliphatic heterocycles. The van der Waals surface area contributed by atoms with Crippen LogP contribution in [0.5, 0.6) is 0 Å². The van der Waals surface area contributed by atoms with E-state index in [1.54, 1.807) is 0 Å². The smallest absolute Gasteiger partial charge is 0.407 e. The molecule has 0 unspecified atom stereocenters. The number of amides is 1. The van der Waals surface area contributed by atoms with Gasteiger partial charge in [0, 0.05) is 25.8 Å². The quantitative estimate of drug-likeness (QED) is 0.834. The second-order valence-corrected chi connectivity index (χ2v) is 6.37. The third-order valence-corrected chi connectivity index (χ3v) is 2.96. The lowest BCUT2D eigenvalue weighted by Gasteiger charge is -2.22. The summed E-state index contributed by atoms with van der Waals surface area (Å²) in [5.74, 6) is 0.990. The number of nitrogens with one attached hydrogen (secondary N) is 1. The summed E-state index contributed by atoms with van der Waals surface area (Å²) in [6, 6.07) is 4.01. The molecule has 1 heterocycles. The molecule has 0 fully saturated rings. The summed E-state index contributed by atoms with van der Waals surface area (Å²) in [5.41, 5.74) is 0.482. The fraction of sp³-hybridized carbons (Fsp3) is 0.647. The van der Waals surface area contributed by atoms with Crippen molar-refractivity contribution in [3.8, 4) is 0 Å². The molecule has 0 aliphatic rings. The third-order valence-electron chi connectivity index (χ3n) is 2.96. The topological polar surface area (TPSA) is 54.5 Å². The van der Waals surface area contributed by atoms with Gasteiger partial charge in [0.1, 0.15) is 11.4 Å². The average molecular weight is 307 g/mol. The van der Waals surface area contributed by atoms with E-state index in [-0.39, 0.29) is 0 Å². The normalized spacial score (nSPS) is 11.1. The van der Waals surface area contributed by atoms with Gasteiger partial charge >= 0.3 is 6.09 Å². The van der Waals surface area contributed by atoms with Crippen molar-refractivity contribution in [1.82, 2.24) is 10.3 Å². The number of pyridine rings is 1. The van der Waals surface area contributed by atoms with E-state index in [4.69, 9.17) is 4.74 Å². The Labute approximate surface area is 134 Å². The molecule has 1 aromatic heterocycles. The molecule has 1 N–H and O–H groups in total. The largest absolute Gasteiger partial charge is 0.444 e. The summed E-state index contributed by atoms with van der Waals surface area (Å²) in [5, 5.41) is 2.74. The van der Waals surface area contributed by atoms with Gasteiger partial charge < -0.3 is 15.0 Å². The van der Waals surface area contributed by atoms with E-state index in [1.807, 2.05) is 39.1 Å². The van der Waals surface area contributed by atoms with Crippen LogP contribution in [0.3, 0.4) is 0 Å². The van der Waals surface area contributed by atoms with Crippen LogP contribution in [-0.2, 0) is 11.3 Å². The molecular weight excluding hydrogens is 278 g/mol. The Kier molecular flexibility index (Phi) is 7.15. The molecule has 0 saturated heterocycles. The molecule has 0 spiro atoms. The average Bonchev–Trinajstić information content (AvgIpc) is 2.44. The molecule has 1 aromatic rings. The predicted octanol–water partition coefficient (Wildman–Crippen LogP) is 3.73. The van der Waals surface area contributed by atoms with E-state index in [2.05, 4.69) is 29.0 Å². The Morgan fingerprint density at radius 2 is 1.86 bits per heavy atom. The molecule has 1 amide bonds. The number of aromatic nitrogens is 1. The van der Waals surface area contributed by atoms with Gasteiger partial charge in [-0.2, -0.15) is 0 Å². The maximum Gasteiger partial charge on any atom is 0.407 e. The van der Waals surface area contributed by atoms with Crippen molar-refractivity contribution in [2.24, 2.45) is 0 Å². The maximum atomic E-state index is 11.6. The van der Waals surface area contributed by atoms with Crippen LogP contribution in [-0.4, -0.2) is 29.8 Å². The molecule has 1 rings (SSSR count). The number of rotatable bonds is 7. The van der Waals surface area contributed by atoms with E-state index < -0.39 is 11.7 Å². The zero-order chi connectivity index (χ0) is 16.6. The highest BCUT2D eigenvalue weighted by Gasteiger charge is 2.15. The van der Waals surface area contributed by atoms with Crippen molar-refractivity contribution in [3.05, 3.63) is 23.9 Å². The second-order valence-electron chi connectivity index (χ2n) is 6.37. The first-order valence-electron chi connectivity index (χ1n) is 8.02. The standard InChI is InChI=1S/C17H29N3O2/c1-6-10-20(11-7-2)15-9-8-14(12-18-15)13-19-16(21)22-17(3,4)5/h8-9,12H,6-7,10-11,13H2,1-5H3,(H,19,21). The summed E-state index contributed by atoms with van der Waals surface area (Å²) in [6.45, 7) is 12.3. The molecule has 0 radical (unpaired) electrons. The molecule has 124 valence electrons. The SMILES string of the molecule is CCCN(CCC)c1ccc(CNC(=O)OC(C)(C)C)cn1. The number of carbonyl (C=O) groups excluding carboxylic acids is 1. The van der Waals surface area contributed by atoms with Gasteiger partial charge in [-0.15, -0.1) is 0 Å². The van der Waals surface area contributed by atoms with Crippen molar-refractivity contribution in [2.45, 2.75) is 59.6 Å². The number of hydrogen-bond donors (Lipinski definition) is 1. The molecular formula is C17H29N3O2. The minimum absolute atomic E-state index is 0.407. The molecule has 5 heteroatoms. The second kappa shape index (κ2) is 8.61. The third kappa shape index (κ3) is 6.78. The zero-order valence-corrected chi connectivity index (χ0v) is 14.5. The molecule has 22 heavy (non-hydrogen) atoms. The zero-order valence-electron chi connectivity index (χ0n) is 14.5. The monoisotopic (exact) mass is 307 g/mol. The fourth-order valence-corrected chi connectivity index (χ4v) is 2.08. The van der Waals surface area contributed by atoms with Crippen LogP contribution in [0.2, 0.25) is 0 Å². The number of ether oxygens (including phenoxy) is 1. The summed E-state index contributed by atoms with van der Waals surface area (Å²) in [6.07, 6.45) is 3.60. The first-order chi connectivity index (χ1) is 10.4. The summed E-state index contributed by atoms with van der Waals surface area (Å²) in [4.78, 5) is 18.4. The number of anilines is 1. The maximum absolute atomic E-state index is 11.6. The van der Waals surface area contributed by atoms with Gasteiger partial charge in [-0.25, -0.2) is 9.78 Å². The van der Waals surface area contributed by atoms with Gasteiger partial charge in [-0.1, -0.05) is 19.9 Å². The Bertz CT molecular complexity index is 446. The summed E-state index contributed by atoms with van der Waals surface area (Å²) >= 11 is 0. The van der Waals surface area contributed by atoms with Crippen molar-refractivity contribution in [1.29, 1.82) is 0 Å². The van der Waals surface area contributed by atoms with E-state index >= 15 is 0 Å². The van der Waals surface area contributed by atoms with Gasteiger partial charge in [-0.3, -0.25) is 0 Å². The van der Waals surface area contributed by atoms with Gasteiger partial charge in [0.2, 0.25) is 0 Å².